The Labute approximate surface area is 163 Å². The number of nitrogens with zero attached hydrogens (tertiary/aromatic N) is 5. The van der Waals surface area contributed by atoms with E-state index >= 15 is 0 Å². The van der Waals surface area contributed by atoms with Crippen LogP contribution < -0.4 is 0 Å². The minimum Gasteiger partial charge on any atom is -0.378 e. The van der Waals surface area contributed by atoms with Gasteiger partial charge in [0, 0.05) is 37.1 Å². The van der Waals surface area contributed by atoms with Crippen molar-refractivity contribution in [1.82, 2.24) is 19.8 Å². The van der Waals surface area contributed by atoms with Gasteiger partial charge in [0.25, 0.3) is 0 Å². The smallest absolute Gasteiger partial charge is 0.229 e. The average molecular weight is 377 g/mol. The molecule has 0 bridgehead atoms. The van der Waals surface area contributed by atoms with E-state index in [-0.39, 0.29) is 0 Å². The van der Waals surface area contributed by atoms with Crippen molar-refractivity contribution in [3.8, 4) is 0 Å². The van der Waals surface area contributed by atoms with E-state index in [4.69, 9.17) is 9.72 Å². The number of aliphatic hydroxyl groups is 1. The summed E-state index contributed by atoms with van der Waals surface area (Å²) in [7, 11) is 0. The second-order valence-electron chi connectivity index (χ2n) is 7.07. The molecule has 144 valence electrons. The van der Waals surface area contributed by atoms with Crippen molar-refractivity contribution in [2.75, 3.05) is 32.8 Å². The fourth-order valence-corrected chi connectivity index (χ4v) is 3.83. The number of allylic oxidation sites excluding steroid dienone is 2. The number of aliphatic hydroxyl groups excluding tert-OH is 1. The molecule has 1 saturated heterocycles. The first kappa shape index (κ1) is 17.2. The second kappa shape index (κ2) is 7.26. The van der Waals surface area contributed by atoms with E-state index in [1.807, 2.05) is 47.4 Å². The number of hydrogen-bond donors (Lipinski definition) is 1. The minimum atomic E-state index is -0.811. The van der Waals surface area contributed by atoms with Crippen LogP contribution in [0.4, 0.5) is 0 Å². The number of ether oxygens (including phenoxy) is 1. The number of hydrogen-bond acceptors (Lipinski definition) is 7. The maximum Gasteiger partial charge on any atom is 0.229 e. The maximum atomic E-state index is 10.9. The number of rotatable bonds is 4. The summed E-state index contributed by atoms with van der Waals surface area (Å²) in [5.74, 6) is 1.74. The Morgan fingerprint density at radius 3 is 2.86 bits per heavy atom. The lowest BCUT2D eigenvalue weighted by molar-refractivity contribution is -0.0612. The van der Waals surface area contributed by atoms with E-state index in [0.717, 1.165) is 41.3 Å². The third kappa shape index (κ3) is 3.12. The lowest BCUT2D eigenvalue weighted by atomic mass is 10.2. The van der Waals surface area contributed by atoms with Crippen molar-refractivity contribution >= 4 is 16.7 Å². The summed E-state index contributed by atoms with van der Waals surface area (Å²) in [6, 6.07) is 12.2. The van der Waals surface area contributed by atoms with Gasteiger partial charge in [-0.3, -0.25) is 9.88 Å². The van der Waals surface area contributed by atoms with Gasteiger partial charge in [-0.1, -0.05) is 30.3 Å². The summed E-state index contributed by atoms with van der Waals surface area (Å²) in [6.07, 6.45) is 5.85. The number of morpholine rings is 1. The fraction of sp³-hybridized carbons (Fsp3) is 0.333. The highest BCUT2D eigenvalue weighted by atomic mass is 16.5. The number of benzene rings is 1. The lowest BCUT2D eigenvalue weighted by Crippen LogP contribution is -2.49. The quantitative estimate of drug-likeness (QED) is 0.876. The highest BCUT2D eigenvalue weighted by molar-refractivity contribution is 5.96. The van der Waals surface area contributed by atoms with Crippen molar-refractivity contribution in [3.05, 3.63) is 66.1 Å². The average Bonchev–Trinajstić information content (AvgIpc) is 3.08. The molecule has 0 aliphatic carbocycles. The van der Waals surface area contributed by atoms with Gasteiger partial charge in [0.1, 0.15) is 5.82 Å². The zero-order valence-corrected chi connectivity index (χ0v) is 15.6. The van der Waals surface area contributed by atoms with Gasteiger partial charge in [-0.15, -0.1) is 0 Å². The number of aromatic nitrogens is 1. The number of fused-ring (bicyclic) bond motifs is 2. The van der Waals surface area contributed by atoms with Crippen LogP contribution in [0.1, 0.15) is 5.69 Å². The monoisotopic (exact) mass is 377 g/mol. The highest BCUT2D eigenvalue weighted by Gasteiger charge is 2.36. The van der Waals surface area contributed by atoms with Crippen molar-refractivity contribution < 1.29 is 9.84 Å². The topological polar surface area (TPSA) is 64.4 Å². The predicted molar refractivity (Wildman–Crippen MR) is 107 cm³/mol. The van der Waals surface area contributed by atoms with Crippen molar-refractivity contribution in [3.63, 3.8) is 0 Å². The van der Waals surface area contributed by atoms with E-state index in [0.29, 0.717) is 26.2 Å². The van der Waals surface area contributed by atoms with E-state index in [1.165, 1.54) is 0 Å². The molecule has 1 unspecified atom stereocenters. The van der Waals surface area contributed by atoms with Gasteiger partial charge in [-0.2, -0.15) is 5.10 Å². The van der Waals surface area contributed by atoms with Gasteiger partial charge >= 0.3 is 0 Å². The third-order valence-corrected chi connectivity index (χ3v) is 5.30. The largest absolute Gasteiger partial charge is 0.378 e. The first-order valence-corrected chi connectivity index (χ1v) is 9.68. The zero-order chi connectivity index (χ0) is 18.9. The van der Waals surface area contributed by atoms with E-state index in [2.05, 4.69) is 22.1 Å². The Balaban J connectivity index is 1.30. The van der Waals surface area contributed by atoms with Gasteiger partial charge in [-0.05, 0) is 24.3 Å². The molecule has 5 rings (SSSR count). The first-order chi connectivity index (χ1) is 13.8. The van der Waals surface area contributed by atoms with Crippen molar-refractivity contribution in [1.29, 1.82) is 0 Å². The summed E-state index contributed by atoms with van der Waals surface area (Å²) in [5.41, 5.74) is 1.99. The summed E-state index contributed by atoms with van der Waals surface area (Å²) in [6.45, 7) is 3.63. The van der Waals surface area contributed by atoms with Crippen LogP contribution in [0.2, 0.25) is 0 Å². The Morgan fingerprint density at radius 2 is 1.96 bits per heavy atom. The van der Waals surface area contributed by atoms with Crippen LogP contribution >= 0.6 is 0 Å². The molecular weight excluding hydrogens is 354 g/mol. The van der Waals surface area contributed by atoms with Crippen molar-refractivity contribution in [2.24, 2.45) is 5.10 Å². The third-order valence-electron chi connectivity index (χ3n) is 5.30. The Hall–Kier alpha value is -2.90. The Morgan fingerprint density at radius 1 is 1.11 bits per heavy atom. The normalized spacial score (nSPS) is 21.8. The van der Waals surface area contributed by atoms with Crippen LogP contribution in [0.5, 0.6) is 0 Å². The molecule has 2 aromatic rings. The van der Waals surface area contributed by atoms with Crippen LogP contribution in [0.15, 0.2) is 65.5 Å². The van der Waals surface area contributed by atoms with Crippen molar-refractivity contribution in [2.45, 2.75) is 12.8 Å². The van der Waals surface area contributed by atoms with Gasteiger partial charge in [0.05, 0.1) is 18.7 Å². The number of para-hydroxylation sites is 1. The molecule has 1 aromatic heterocycles. The number of pyridine rings is 1. The summed E-state index contributed by atoms with van der Waals surface area (Å²) in [4.78, 5) is 8.85. The highest BCUT2D eigenvalue weighted by Crippen LogP contribution is 2.27. The van der Waals surface area contributed by atoms with Crippen LogP contribution in [0, 0.1) is 0 Å². The summed E-state index contributed by atoms with van der Waals surface area (Å²) >= 11 is 0. The summed E-state index contributed by atoms with van der Waals surface area (Å²) in [5, 5.41) is 18.4. The van der Waals surface area contributed by atoms with E-state index < -0.39 is 6.35 Å². The molecule has 0 saturated carbocycles. The fourth-order valence-electron chi connectivity index (χ4n) is 3.83. The molecule has 7 heteroatoms. The molecule has 3 aliphatic rings. The first-order valence-electron chi connectivity index (χ1n) is 9.68. The molecule has 1 aromatic carbocycles. The lowest BCUT2D eigenvalue weighted by Gasteiger charge is -2.38. The zero-order valence-electron chi connectivity index (χ0n) is 15.6. The molecule has 3 aliphatic heterocycles. The molecule has 1 fully saturated rings. The van der Waals surface area contributed by atoms with Crippen LogP contribution in [0.25, 0.3) is 10.9 Å². The molecule has 1 atom stereocenters. The molecule has 1 N–H and O–H groups in total. The molecule has 7 nitrogen and oxygen atoms in total. The number of amidine groups is 1. The van der Waals surface area contributed by atoms with Gasteiger partial charge in [-0.25, -0.2) is 5.01 Å². The number of hydrazone groups is 1. The van der Waals surface area contributed by atoms with Gasteiger partial charge in [0.15, 0.2) is 5.84 Å². The maximum absolute atomic E-state index is 10.9. The predicted octanol–water partition coefficient (Wildman–Crippen LogP) is 1.73. The van der Waals surface area contributed by atoms with Crippen LogP contribution in [0.3, 0.4) is 0 Å². The molecular formula is C21H23N5O2. The van der Waals surface area contributed by atoms with Gasteiger partial charge in [0.2, 0.25) is 6.35 Å². The van der Waals surface area contributed by atoms with Crippen LogP contribution in [-0.4, -0.2) is 69.9 Å². The molecule has 0 radical (unpaired) electrons. The second-order valence-corrected chi connectivity index (χ2v) is 7.07. The molecule has 4 heterocycles. The minimum absolute atomic E-state index is 0.594. The van der Waals surface area contributed by atoms with Gasteiger partial charge < -0.3 is 14.7 Å². The molecule has 0 amide bonds. The molecule has 28 heavy (non-hydrogen) atoms. The summed E-state index contributed by atoms with van der Waals surface area (Å²) < 4.78 is 5.45. The SMILES string of the molecule is OC1N(CCc2ccc3ccccc3n2)N=C2C=CC=C(N3CCOCC3)N21. The Kier molecular flexibility index (Phi) is 4.46. The Bertz CT molecular complexity index is 964. The van der Waals surface area contributed by atoms with E-state index in [9.17, 15) is 5.11 Å². The standard InChI is InChI=1S/C21H23N5O2/c27-21-25(11-10-17-9-8-16-4-1-2-5-18(16)22-17)23-19-6-3-7-20(26(19)21)24-12-14-28-15-13-24/h1-9,21,27H,10-15H2. The molecule has 0 spiro atoms. The van der Waals surface area contributed by atoms with E-state index in [1.54, 1.807) is 5.01 Å². The van der Waals surface area contributed by atoms with Crippen LogP contribution in [-0.2, 0) is 11.2 Å².